The van der Waals surface area contributed by atoms with Gasteiger partial charge in [0, 0.05) is 37.8 Å². The van der Waals surface area contributed by atoms with Gasteiger partial charge in [-0.05, 0) is 13.3 Å². The van der Waals surface area contributed by atoms with Gasteiger partial charge in [-0.3, -0.25) is 9.69 Å². The van der Waals surface area contributed by atoms with Crippen LogP contribution in [0.3, 0.4) is 0 Å². The number of benzene rings is 1. The van der Waals surface area contributed by atoms with E-state index in [-0.39, 0.29) is 18.6 Å². The lowest BCUT2D eigenvalue weighted by molar-refractivity contribution is 0.0469. The second-order valence-electron chi connectivity index (χ2n) is 6.47. The molecule has 1 saturated heterocycles. The predicted molar refractivity (Wildman–Crippen MR) is 95.3 cm³/mol. The zero-order valence-corrected chi connectivity index (χ0v) is 14.8. The molecule has 0 radical (unpaired) electrons. The molecule has 1 aromatic carbocycles. The maximum atomic E-state index is 12.9. The highest BCUT2D eigenvalue weighted by molar-refractivity contribution is 5.97. The summed E-state index contributed by atoms with van der Waals surface area (Å²) >= 11 is 0. The van der Waals surface area contributed by atoms with Crippen LogP contribution in [0.5, 0.6) is 0 Å². The Kier molecular flexibility index (Phi) is 5.50. The summed E-state index contributed by atoms with van der Waals surface area (Å²) in [5, 5.41) is 9.44. The minimum absolute atomic E-state index is 0.0963. The molecule has 6 heteroatoms. The van der Waals surface area contributed by atoms with E-state index in [9.17, 15) is 9.90 Å². The zero-order chi connectivity index (χ0) is 17.8. The van der Waals surface area contributed by atoms with Crippen molar-refractivity contribution >= 4 is 5.91 Å². The number of aliphatic hydroxyl groups excluding tert-OH is 1. The third kappa shape index (κ3) is 3.75. The van der Waals surface area contributed by atoms with E-state index in [1.165, 1.54) is 6.39 Å². The summed E-state index contributed by atoms with van der Waals surface area (Å²) in [7, 11) is 0. The van der Waals surface area contributed by atoms with Crippen LogP contribution in [0.1, 0.15) is 29.4 Å². The molecule has 1 aliphatic heterocycles. The summed E-state index contributed by atoms with van der Waals surface area (Å²) in [5.41, 5.74) is 2.38. The molecule has 25 heavy (non-hydrogen) atoms. The second kappa shape index (κ2) is 7.80. The molecule has 2 aromatic rings. The Bertz CT molecular complexity index is 699. The molecule has 1 aromatic heterocycles. The molecule has 1 aliphatic rings. The lowest BCUT2D eigenvalue weighted by Gasteiger charge is -2.38. The maximum Gasteiger partial charge on any atom is 0.276 e. The topological polar surface area (TPSA) is 69.8 Å². The van der Waals surface area contributed by atoms with Crippen LogP contribution in [-0.4, -0.2) is 64.6 Å². The molecule has 3 rings (SSSR count). The van der Waals surface area contributed by atoms with Crippen molar-refractivity contribution in [2.24, 2.45) is 0 Å². The quantitative estimate of drug-likeness (QED) is 0.901. The van der Waals surface area contributed by atoms with E-state index >= 15 is 0 Å². The molecule has 0 spiro atoms. The number of rotatable bonds is 5. The first kappa shape index (κ1) is 17.6. The summed E-state index contributed by atoms with van der Waals surface area (Å²) in [4.78, 5) is 21.1. The van der Waals surface area contributed by atoms with Gasteiger partial charge in [-0.25, -0.2) is 4.98 Å². The predicted octanol–water partition coefficient (Wildman–Crippen LogP) is 2.18. The summed E-state index contributed by atoms with van der Waals surface area (Å²) in [6, 6.07) is 8.04. The first-order valence-electron chi connectivity index (χ1n) is 8.78. The third-order valence-electron chi connectivity index (χ3n) is 4.88. The lowest BCUT2D eigenvalue weighted by Crippen LogP contribution is -2.52. The van der Waals surface area contributed by atoms with E-state index < -0.39 is 0 Å². The number of piperazine rings is 1. The van der Waals surface area contributed by atoms with Gasteiger partial charge >= 0.3 is 0 Å². The Labute approximate surface area is 148 Å². The van der Waals surface area contributed by atoms with E-state index in [1.54, 1.807) is 0 Å². The molecule has 0 saturated carbocycles. The van der Waals surface area contributed by atoms with Gasteiger partial charge in [-0.2, -0.15) is 0 Å². The van der Waals surface area contributed by atoms with Crippen molar-refractivity contribution in [3.8, 4) is 11.3 Å². The summed E-state index contributed by atoms with van der Waals surface area (Å²) in [6.07, 6.45) is 2.24. The first-order valence-corrected chi connectivity index (χ1v) is 8.78. The smallest absolute Gasteiger partial charge is 0.276 e. The highest BCUT2D eigenvalue weighted by atomic mass is 16.3. The van der Waals surface area contributed by atoms with E-state index in [1.807, 2.05) is 36.1 Å². The number of hydrogen-bond donors (Lipinski definition) is 1. The number of aryl methyl sites for hydroxylation is 1. The Morgan fingerprint density at radius 2 is 1.92 bits per heavy atom. The fraction of sp³-hybridized carbons (Fsp3) is 0.474. The van der Waals surface area contributed by atoms with Gasteiger partial charge in [0.25, 0.3) is 5.91 Å². The number of oxazole rings is 1. The number of amides is 1. The number of nitrogens with zero attached hydrogens (tertiary/aromatic N) is 3. The van der Waals surface area contributed by atoms with Crippen molar-refractivity contribution in [1.29, 1.82) is 0 Å². The fourth-order valence-corrected chi connectivity index (χ4v) is 3.25. The van der Waals surface area contributed by atoms with Crippen LogP contribution in [0.4, 0.5) is 0 Å². The molecule has 134 valence electrons. The summed E-state index contributed by atoms with van der Waals surface area (Å²) in [6.45, 7) is 7.05. The Balaban J connectivity index is 1.71. The van der Waals surface area contributed by atoms with Gasteiger partial charge in [0.1, 0.15) is 0 Å². The molecule has 1 unspecified atom stereocenters. The van der Waals surface area contributed by atoms with Crippen LogP contribution >= 0.6 is 0 Å². The average Bonchev–Trinajstić information content (AvgIpc) is 3.13. The fourth-order valence-electron chi connectivity index (χ4n) is 3.25. The second-order valence-corrected chi connectivity index (χ2v) is 6.47. The molecule has 2 heterocycles. The zero-order valence-electron chi connectivity index (χ0n) is 14.8. The van der Waals surface area contributed by atoms with E-state index in [0.717, 1.165) is 30.6 Å². The molecule has 1 fully saturated rings. The van der Waals surface area contributed by atoms with E-state index in [2.05, 4.69) is 16.8 Å². The van der Waals surface area contributed by atoms with Crippen LogP contribution in [-0.2, 0) is 0 Å². The number of aliphatic hydroxyl groups is 1. The molecule has 0 aliphatic carbocycles. The van der Waals surface area contributed by atoms with Crippen molar-refractivity contribution in [2.45, 2.75) is 26.3 Å². The highest BCUT2D eigenvalue weighted by Crippen LogP contribution is 2.25. The third-order valence-corrected chi connectivity index (χ3v) is 4.88. The average molecular weight is 343 g/mol. The Morgan fingerprint density at radius 1 is 1.24 bits per heavy atom. The van der Waals surface area contributed by atoms with Crippen LogP contribution in [0.2, 0.25) is 0 Å². The standard InChI is InChI=1S/C19H25N3O3/c1-3-16(12-23)21-8-10-22(11-9-21)19(24)17-18(25-13-20-17)15-6-4-14(2)5-7-15/h4-7,13,16,23H,3,8-12H2,1-2H3. The van der Waals surface area contributed by atoms with E-state index in [0.29, 0.717) is 24.5 Å². The molecule has 0 bridgehead atoms. The number of carbonyl (C=O) groups excluding carboxylic acids is 1. The molecule has 1 amide bonds. The van der Waals surface area contributed by atoms with Gasteiger partial charge < -0.3 is 14.4 Å². The van der Waals surface area contributed by atoms with Crippen LogP contribution < -0.4 is 0 Å². The molecule has 1 atom stereocenters. The van der Waals surface area contributed by atoms with Crippen molar-refractivity contribution < 1.29 is 14.3 Å². The first-order chi connectivity index (χ1) is 12.1. The van der Waals surface area contributed by atoms with Gasteiger partial charge in [0.15, 0.2) is 17.8 Å². The van der Waals surface area contributed by atoms with Crippen molar-refractivity contribution in [3.05, 3.63) is 41.9 Å². The van der Waals surface area contributed by atoms with Gasteiger partial charge in [-0.15, -0.1) is 0 Å². The van der Waals surface area contributed by atoms with Crippen LogP contribution in [0.15, 0.2) is 35.1 Å². The highest BCUT2D eigenvalue weighted by Gasteiger charge is 2.28. The van der Waals surface area contributed by atoms with Gasteiger partial charge in [0.05, 0.1) is 6.61 Å². The minimum Gasteiger partial charge on any atom is -0.443 e. The largest absolute Gasteiger partial charge is 0.443 e. The maximum absolute atomic E-state index is 12.9. The van der Waals surface area contributed by atoms with Crippen molar-refractivity contribution in [1.82, 2.24) is 14.8 Å². The van der Waals surface area contributed by atoms with Crippen LogP contribution in [0, 0.1) is 6.92 Å². The Hall–Kier alpha value is -2.18. The normalized spacial score (nSPS) is 16.8. The molecular formula is C19H25N3O3. The van der Waals surface area contributed by atoms with Crippen molar-refractivity contribution in [3.63, 3.8) is 0 Å². The minimum atomic E-state index is -0.0963. The monoisotopic (exact) mass is 343 g/mol. The summed E-state index contributed by atoms with van der Waals surface area (Å²) < 4.78 is 5.49. The van der Waals surface area contributed by atoms with Gasteiger partial charge in [-0.1, -0.05) is 36.8 Å². The SMILES string of the molecule is CCC(CO)N1CCN(C(=O)c2ncoc2-c2ccc(C)cc2)CC1. The number of aromatic nitrogens is 1. The Morgan fingerprint density at radius 3 is 2.52 bits per heavy atom. The van der Waals surface area contributed by atoms with Gasteiger partial charge in [0.2, 0.25) is 0 Å². The van der Waals surface area contributed by atoms with Crippen LogP contribution in [0.25, 0.3) is 11.3 Å². The molecule has 6 nitrogen and oxygen atoms in total. The number of hydrogen-bond acceptors (Lipinski definition) is 5. The molecular weight excluding hydrogens is 318 g/mol. The van der Waals surface area contributed by atoms with E-state index in [4.69, 9.17) is 4.42 Å². The molecule has 1 N–H and O–H groups in total. The number of carbonyl (C=O) groups is 1. The summed E-state index contributed by atoms with van der Waals surface area (Å²) in [5.74, 6) is 0.426. The lowest BCUT2D eigenvalue weighted by atomic mass is 10.1. The van der Waals surface area contributed by atoms with Crippen molar-refractivity contribution in [2.75, 3.05) is 32.8 Å².